The average molecular weight is 338 g/mol. The smallest absolute Gasteiger partial charge is 0.434 e. The molecule has 0 unspecified atom stereocenters. The molecule has 0 aromatic carbocycles. The Morgan fingerprint density at radius 1 is 1.25 bits per heavy atom. The maximum absolute atomic E-state index is 13.3. The highest BCUT2D eigenvalue weighted by molar-refractivity contribution is 5.98. The van der Waals surface area contributed by atoms with E-state index in [2.05, 4.69) is 15.1 Å². The molecule has 9 heteroatoms. The number of hydrogen-bond donors (Lipinski definition) is 0. The summed E-state index contributed by atoms with van der Waals surface area (Å²) in [6.45, 7) is 4.99. The summed E-state index contributed by atoms with van der Waals surface area (Å²) in [4.78, 5) is 19.8. The fourth-order valence-corrected chi connectivity index (χ4v) is 2.50. The van der Waals surface area contributed by atoms with E-state index in [1.54, 1.807) is 19.9 Å². The SMILES string of the molecule is CCOC(=O)c1cc2c(nc1C(F)(F)F)nn1c(C)cc(C)nc21. The molecule has 3 aromatic heterocycles. The number of halogens is 3. The normalized spacial score (nSPS) is 12.1. The molecule has 3 aromatic rings. The van der Waals surface area contributed by atoms with Crippen LogP contribution in [-0.4, -0.2) is 32.2 Å². The number of alkyl halides is 3. The second-order valence-corrected chi connectivity index (χ2v) is 5.25. The van der Waals surface area contributed by atoms with Crippen LogP contribution in [0.25, 0.3) is 16.7 Å². The van der Waals surface area contributed by atoms with Gasteiger partial charge in [0.15, 0.2) is 17.0 Å². The van der Waals surface area contributed by atoms with Crippen molar-refractivity contribution >= 4 is 22.6 Å². The molecule has 0 saturated carbocycles. The zero-order chi connectivity index (χ0) is 17.6. The minimum atomic E-state index is -4.80. The van der Waals surface area contributed by atoms with E-state index in [9.17, 15) is 18.0 Å². The minimum Gasteiger partial charge on any atom is -0.462 e. The molecule has 0 N–H and O–H groups in total. The Morgan fingerprint density at radius 3 is 2.58 bits per heavy atom. The standard InChI is InChI=1S/C15H13F3N4O2/c1-4-24-14(23)9-6-10-12(20-11(9)15(16,17)18)21-22-8(3)5-7(2)19-13(10)22/h5-6H,4H2,1-3H3. The van der Waals surface area contributed by atoms with Crippen LogP contribution in [-0.2, 0) is 10.9 Å². The van der Waals surface area contributed by atoms with Gasteiger partial charge in [-0.05, 0) is 32.9 Å². The first-order valence-corrected chi connectivity index (χ1v) is 7.14. The summed E-state index contributed by atoms with van der Waals surface area (Å²) in [5.41, 5.74) is -0.370. The van der Waals surface area contributed by atoms with Gasteiger partial charge < -0.3 is 4.74 Å². The van der Waals surface area contributed by atoms with Crippen molar-refractivity contribution < 1.29 is 22.7 Å². The summed E-state index contributed by atoms with van der Waals surface area (Å²) < 4.78 is 45.9. The van der Waals surface area contributed by atoms with Crippen molar-refractivity contribution in [1.82, 2.24) is 19.6 Å². The highest BCUT2D eigenvalue weighted by atomic mass is 19.4. The van der Waals surface area contributed by atoms with E-state index >= 15 is 0 Å². The number of esters is 1. The highest BCUT2D eigenvalue weighted by Crippen LogP contribution is 2.33. The highest BCUT2D eigenvalue weighted by Gasteiger charge is 2.39. The van der Waals surface area contributed by atoms with Crippen LogP contribution >= 0.6 is 0 Å². The Labute approximate surface area is 134 Å². The second kappa shape index (κ2) is 5.43. The molecule has 0 atom stereocenters. The zero-order valence-electron chi connectivity index (χ0n) is 13.1. The third kappa shape index (κ3) is 2.55. The number of aryl methyl sites for hydroxylation is 2. The van der Waals surface area contributed by atoms with E-state index in [1.807, 2.05) is 0 Å². The van der Waals surface area contributed by atoms with Crippen molar-refractivity contribution in [2.75, 3.05) is 6.61 Å². The fourth-order valence-electron chi connectivity index (χ4n) is 2.50. The molecule has 6 nitrogen and oxygen atoms in total. The van der Waals surface area contributed by atoms with Crippen LogP contribution in [0, 0.1) is 13.8 Å². The summed E-state index contributed by atoms with van der Waals surface area (Å²) in [6.07, 6.45) is -4.80. The zero-order valence-corrected chi connectivity index (χ0v) is 13.1. The topological polar surface area (TPSA) is 69.4 Å². The molecule has 0 aliphatic heterocycles. The van der Waals surface area contributed by atoms with Gasteiger partial charge in [0.2, 0.25) is 0 Å². The van der Waals surface area contributed by atoms with Crippen LogP contribution in [0.3, 0.4) is 0 Å². The molecule has 0 aliphatic carbocycles. The number of aromatic nitrogens is 4. The van der Waals surface area contributed by atoms with Crippen LogP contribution < -0.4 is 0 Å². The molecule has 0 fully saturated rings. The van der Waals surface area contributed by atoms with Gasteiger partial charge in [0.05, 0.1) is 17.6 Å². The van der Waals surface area contributed by atoms with Crippen LogP contribution in [0.5, 0.6) is 0 Å². The number of nitrogens with zero attached hydrogens (tertiary/aromatic N) is 4. The molecule has 3 rings (SSSR count). The average Bonchev–Trinajstić information content (AvgIpc) is 2.83. The lowest BCUT2D eigenvalue weighted by Crippen LogP contribution is -2.17. The van der Waals surface area contributed by atoms with Crippen molar-refractivity contribution in [1.29, 1.82) is 0 Å². The van der Waals surface area contributed by atoms with E-state index < -0.39 is 23.4 Å². The van der Waals surface area contributed by atoms with Gasteiger partial charge in [-0.15, -0.1) is 5.10 Å². The van der Waals surface area contributed by atoms with Crippen LogP contribution in [0.1, 0.15) is 34.4 Å². The van der Waals surface area contributed by atoms with Gasteiger partial charge in [-0.25, -0.2) is 19.3 Å². The van der Waals surface area contributed by atoms with Gasteiger partial charge in [-0.3, -0.25) is 0 Å². The van der Waals surface area contributed by atoms with E-state index in [1.165, 1.54) is 11.4 Å². The monoisotopic (exact) mass is 338 g/mol. The second-order valence-electron chi connectivity index (χ2n) is 5.25. The van der Waals surface area contributed by atoms with E-state index in [0.29, 0.717) is 17.0 Å². The third-order valence-corrected chi connectivity index (χ3v) is 3.44. The maximum Gasteiger partial charge on any atom is 0.434 e. The number of ether oxygens (including phenoxy) is 1. The molecule has 0 bridgehead atoms. The van der Waals surface area contributed by atoms with Gasteiger partial charge >= 0.3 is 12.1 Å². The maximum atomic E-state index is 13.3. The summed E-state index contributed by atoms with van der Waals surface area (Å²) in [6, 6.07) is 2.84. The summed E-state index contributed by atoms with van der Waals surface area (Å²) >= 11 is 0. The molecular formula is C15H13F3N4O2. The lowest BCUT2D eigenvalue weighted by atomic mass is 10.1. The number of carbonyl (C=O) groups excluding carboxylic acids is 1. The third-order valence-electron chi connectivity index (χ3n) is 3.44. The van der Waals surface area contributed by atoms with E-state index in [4.69, 9.17) is 4.74 Å². The lowest BCUT2D eigenvalue weighted by Gasteiger charge is -2.10. The van der Waals surface area contributed by atoms with Gasteiger partial charge in [-0.1, -0.05) is 0 Å². The Hall–Kier alpha value is -2.71. The molecule has 24 heavy (non-hydrogen) atoms. The lowest BCUT2D eigenvalue weighted by molar-refractivity contribution is -0.141. The van der Waals surface area contributed by atoms with Crippen molar-refractivity contribution in [2.45, 2.75) is 26.9 Å². The van der Waals surface area contributed by atoms with E-state index in [0.717, 1.165) is 6.07 Å². The summed E-state index contributed by atoms with van der Waals surface area (Å²) in [5.74, 6) is -1.08. The fraction of sp³-hybridized carbons (Fsp3) is 0.333. The minimum absolute atomic E-state index is 0.0423. The first-order valence-electron chi connectivity index (χ1n) is 7.14. The molecule has 0 radical (unpaired) electrons. The van der Waals surface area contributed by atoms with Crippen molar-refractivity contribution in [2.24, 2.45) is 0 Å². The summed E-state index contributed by atoms with van der Waals surface area (Å²) in [7, 11) is 0. The number of rotatable bonds is 2. The first kappa shape index (κ1) is 16.2. The Balaban J connectivity index is 2.39. The van der Waals surface area contributed by atoms with Gasteiger partial charge in [0, 0.05) is 11.4 Å². The predicted octanol–water partition coefficient (Wildman–Crippen LogP) is 3.09. The quantitative estimate of drug-likeness (QED) is 0.672. The summed E-state index contributed by atoms with van der Waals surface area (Å²) in [5, 5.41) is 4.33. The van der Waals surface area contributed by atoms with Crippen LogP contribution in [0.4, 0.5) is 13.2 Å². The van der Waals surface area contributed by atoms with Gasteiger partial charge in [0.1, 0.15) is 0 Å². The van der Waals surface area contributed by atoms with Crippen LogP contribution in [0.15, 0.2) is 12.1 Å². The van der Waals surface area contributed by atoms with Gasteiger partial charge in [0.25, 0.3) is 0 Å². The Morgan fingerprint density at radius 2 is 1.96 bits per heavy atom. The molecule has 0 saturated heterocycles. The number of pyridine rings is 1. The Kier molecular flexibility index (Phi) is 3.66. The molecule has 126 valence electrons. The molecule has 0 amide bonds. The largest absolute Gasteiger partial charge is 0.462 e. The molecule has 0 aliphatic rings. The number of carbonyl (C=O) groups is 1. The molecule has 0 spiro atoms. The van der Waals surface area contributed by atoms with E-state index in [-0.39, 0.29) is 17.6 Å². The Bertz CT molecular complexity index is 963. The number of hydrogen-bond acceptors (Lipinski definition) is 5. The molecular weight excluding hydrogens is 325 g/mol. The van der Waals surface area contributed by atoms with Crippen molar-refractivity contribution in [3.05, 3.63) is 34.8 Å². The van der Waals surface area contributed by atoms with Gasteiger partial charge in [-0.2, -0.15) is 13.2 Å². The first-order chi connectivity index (χ1) is 11.2. The molecule has 3 heterocycles. The van der Waals surface area contributed by atoms with Crippen LogP contribution in [0.2, 0.25) is 0 Å². The number of fused-ring (bicyclic) bond motifs is 3. The predicted molar refractivity (Wildman–Crippen MR) is 78.7 cm³/mol. The van der Waals surface area contributed by atoms with Crippen molar-refractivity contribution in [3.63, 3.8) is 0 Å². The van der Waals surface area contributed by atoms with Crippen molar-refractivity contribution in [3.8, 4) is 0 Å².